The number of aromatic carboxylic acids is 1. The highest BCUT2D eigenvalue weighted by atomic mass is 16.5. The molecule has 108 valence electrons. The average molecular weight is 284 g/mol. The fourth-order valence-electron chi connectivity index (χ4n) is 2.51. The molecule has 1 atom stereocenters. The van der Waals surface area contributed by atoms with Gasteiger partial charge < -0.3 is 20.9 Å². The molecule has 1 aliphatic heterocycles. The van der Waals surface area contributed by atoms with Crippen LogP contribution in [-0.4, -0.2) is 17.7 Å². The summed E-state index contributed by atoms with van der Waals surface area (Å²) in [5.41, 5.74) is 8.38. The van der Waals surface area contributed by atoms with Crippen molar-refractivity contribution in [3.05, 3.63) is 53.6 Å². The molecule has 0 saturated heterocycles. The third-order valence-corrected chi connectivity index (χ3v) is 3.59. The second-order valence-corrected chi connectivity index (χ2v) is 4.98. The lowest BCUT2D eigenvalue weighted by Crippen LogP contribution is -2.20. The molecule has 5 heteroatoms. The van der Waals surface area contributed by atoms with Crippen LogP contribution in [0.5, 0.6) is 5.75 Å². The minimum absolute atomic E-state index is 0.105. The van der Waals surface area contributed by atoms with Gasteiger partial charge in [0.1, 0.15) is 5.75 Å². The van der Waals surface area contributed by atoms with E-state index in [1.807, 2.05) is 24.3 Å². The smallest absolute Gasteiger partial charge is 0.335 e. The minimum atomic E-state index is -0.982. The highest BCUT2D eigenvalue weighted by molar-refractivity contribution is 5.90. The molecule has 5 nitrogen and oxygen atoms in total. The topological polar surface area (TPSA) is 84.6 Å². The van der Waals surface area contributed by atoms with Crippen molar-refractivity contribution < 1.29 is 14.6 Å². The van der Waals surface area contributed by atoms with E-state index in [0.29, 0.717) is 12.3 Å². The fraction of sp³-hybridized carbons (Fsp3) is 0.188. The number of carboxylic acid groups (broad SMARTS) is 1. The molecule has 0 radical (unpaired) electrons. The average Bonchev–Trinajstić information content (AvgIpc) is 2.49. The third kappa shape index (κ3) is 2.63. The number of ether oxygens (including phenoxy) is 1. The van der Waals surface area contributed by atoms with Crippen LogP contribution in [0.2, 0.25) is 0 Å². The highest BCUT2D eigenvalue weighted by Crippen LogP contribution is 2.35. The van der Waals surface area contributed by atoms with Gasteiger partial charge in [-0.15, -0.1) is 0 Å². The number of hydrogen-bond acceptors (Lipinski definition) is 4. The van der Waals surface area contributed by atoms with Gasteiger partial charge in [0.25, 0.3) is 0 Å². The molecular formula is C16H16N2O3. The number of nitrogen functional groups attached to an aromatic ring is 1. The van der Waals surface area contributed by atoms with Crippen LogP contribution >= 0.6 is 0 Å². The molecule has 0 amide bonds. The van der Waals surface area contributed by atoms with Gasteiger partial charge in [-0.1, -0.05) is 18.2 Å². The van der Waals surface area contributed by atoms with Gasteiger partial charge in [-0.2, -0.15) is 0 Å². The van der Waals surface area contributed by atoms with Gasteiger partial charge in [0.15, 0.2) is 0 Å². The Morgan fingerprint density at radius 2 is 2.10 bits per heavy atom. The quantitative estimate of drug-likeness (QED) is 0.755. The summed E-state index contributed by atoms with van der Waals surface area (Å²) in [6.07, 6.45) is 0.830. The summed E-state index contributed by atoms with van der Waals surface area (Å²) in [6, 6.07) is 12.7. The molecule has 21 heavy (non-hydrogen) atoms. The number of fused-ring (bicyclic) bond motifs is 1. The van der Waals surface area contributed by atoms with Gasteiger partial charge in [-0.3, -0.25) is 0 Å². The van der Waals surface area contributed by atoms with Crippen LogP contribution in [0.4, 0.5) is 11.4 Å². The van der Waals surface area contributed by atoms with E-state index < -0.39 is 5.97 Å². The maximum absolute atomic E-state index is 10.9. The van der Waals surface area contributed by atoms with Crippen molar-refractivity contribution in [2.75, 3.05) is 17.7 Å². The molecule has 2 aromatic rings. The second kappa shape index (κ2) is 5.36. The SMILES string of the molecule is Nc1cc(C(=O)O)ccc1NC1CCOc2ccccc21. The molecule has 4 N–H and O–H groups in total. The molecule has 1 unspecified atom stereocenters. The summed E-state index contributed by atoms with van der Waals surface area (Å²) in [4.78, 5) is 10.9. The lowest BCUT2D eigenvalue weighted by atomic mass is 10.00. The molecule has 0 bridgehead atoms. The Balaban J connectivity index is 1.86. The summed E-state index contributed by atoms with van der Waals surface area (Å²) in [7, 11) is 0. The number of rotatable bonds is 3. The van der Waals surface area contributed by atoms with Gasteiger partial charge >= 0.3 is 5.97 Å². The van der Waals surface area contributed by atoms with Crippen LogP contribution in [-0.2, 0) is 0 Å². The first-order valence-electron chi connectivity index (χ1n) is 6.76. The van der Waals surface area contributed by atoms with E-state index in [4.69, 9.17) is 15.6 Å². The number of carbonyl (C=O) groups is 1. The number of benzene rings is 2. The first kappa shape index (κ1) is 13.3. The zero-order valence-electron chi connectivity index (χ0n) is 11.4. The largest absolute Gasteiger partial charge is 0.493 e. The first-order chi connectivity index (χ1) is 10.1. The minimum Gasteiger partial charge on any atom is -0.493 e. The molecule has 0 aromatic heterocycles. The summed E-state index contributed by atoms with van der Waals surface area (Å²) in [6.45, 7) is 0.641. The maximum atomic E-state index is 10.9. The van der Waals surface area contributed by atoms with Crippen molar-refractivity contribution in [3.63, 3.8) is 0 Å². The van der Waals surface area contributed by atoms with Gasteiger partial charge in [-0.05, 0) is 24.3 Å². The fourth-order valence-corrected chi connectivity index (χ4v) is 2.51. The Labute approximate surface area is 122 Å². The van der Waals surface area contributed by atoms with E-state index in [1.165, 1.54) is 6.07 Å². The van der Waals surface area contributed by atoms with Crippen molar-refractivity contribution >= 4 is 17.3 Å². The van der Waals surface area contributed by atoms with Crippen LogP contribution in [0.3, 0.4) is 0 Å². The predicted molar refractivity (Wildman–Crippen MR) is 80.7 cm³/mol. The van der Waals surface area contributed by atoms with Gasteiger partial charge in [0.2, 0.25) is 0 Å². The van der Waals surface area contributed by atoms with Crippen LogP contribution in [0.25, 0.3) is 0 Å². The maximum Gasteiger partial charge on any atom is 0.335 e. The summed E-state index contributed by atoms with van der Waals surface area (Å²) >= 11 is 0. The van der Waals surface area contributed by atoms with Gasteiger partial charge in [0, 0.05) is 12.0 Å². The normalized spacial score (nSPS) is 16.7. The lowest BCUT2D eigenvalue weighted by Gasteiger charge is -2.28. The van der Waals surface area contributed by atoms with Crippen molar-refractivity contribution in [3.8, 4) is 5.75 Å². The zero-order valence-corrected chi connectivity index (χ0v) is 11.4. The van der Waals surface area contributed by atoms with E-state index in [0.717, 1.165) is 23.4 Å². The van der Waals surface area contributed by atoms with Gasteiger partial charge in [-0.25, -0.2) is 4.79 Å². The predicted octanol–water partition coefficient (Wildman–Crippen LogP) is 2.90. The Hall–Kier alpha value is -2.69. The molecule has 3 rings (SSSR count). The number of nitrogens with two attached hydrogens (primary N) is 1. The monoisotopic (exact) mass is 284 g/mol. The van der Waals surface area contributed by atoms with Crippen molar-refractivity contribution in [2.45, 2.75) is 12.5 Å². The summed E-state index contributed by atoms with van der Waals surface area (Å²) in [5, 5.41) is 12.3. The molecule has 0 aliphatic carbocycles. The molecule has 1 aliphatic rings. The number of carboxylic acids is 1. The van der Waals surface area contributed by atoms with E-state index >= 15 is 0 Å². The third-order valence-electron chi connectivity index (χ3n) is 3.59. The Kier molecular flexibility index (Phi) is 3.39. The van der Waals surface area contributed by atoms with Crippen LogP contribution in [0.15, 0.2) is 42.5 Å². The van der Waals surface area contributed by atoms with Crippen molar-refractivity contribution in [1.29, 1.82) is 0 Å². The zero-order chi connectivity index (χ0) is 14.8. The van der Waals surface area contributed by atoms with Crippen LogP contribution in [0.1, 0.15) is 28.4 Å². The standard InChI is InChI=1S/C16H16N2O3/c17-12-9-10(16(19)20)5-6-14(12)18-13-7-8-21-15-4-2-1-3-11(13)15/h1-6,9,13,18H,7-8,17H2,(H,19,20). The number of anilines is 2. The molecule has 2 aromatic carbocycles. The molecule has 1 heterocycles. The molecule has 0 fully saturated rings. The number of nitrogens with one attached hydrogen (secondary N) is 1. The molecule has 0 saturated carbocycles. The highest BCUT2D eigenvalue weighted by Gasteiger charge is 2.21. The summed E-state index contributed by atoms with van der Waals surface area (Å²) < 4.78 is 5.62. The lowest BCUT2D eigenvalue weighted by molar-refractivity contribution is 0.0697. The summed E-state index contributed by atoms with van der Waals surface area (Å²) in [5.74, 6) is -0.105. The molecular weight excluding hydrogens is 268 g/mol. The van der Waals surface area contributed by atoms with E-state index in [9.17, 15) is 4.79 Å². The number of hydrogen-bond donors (Lipinski definition) is 3. The number of para-hydroxylation sites is 1. The van der Waals surface area contributed by atoms with E-state index in [1.54, 1.807) is 12.1 Å². The van der Waals surface area contributed by atoms with Gasteiger partial charge in [0.05, 0.1) is 29.6 Å². The molecule has 0 spiro atoms. The Morgan fingerprint density at radius 1 is 1.29 bits per heavy atom. The Bertz CT molecular complexity index is 685. The second-order valence-electron chi connectivity index (χ2n) is 4.98. The Morgan fingerprint density at radius 3 is 2.86 bits per heavy atom. The van der Waals surface area contributed by atoms with Crippen LogP contribution < -0.4 is 15.8 Å². The van der Waals surface area contributed by atoms with Crippen LogP contribution in [0, 0.1) is 0 Å². The van der Waals surface area contributed by atoms with E-state index in [2.05, 4.69) is 5.32 Å². The van der Waals surface area contributed by atoms with Crippen molar-refractivity contribution in [2.24, 2.45) is 0 Å². The first-order valence-corrected chi connectivity index (χ1v) is 6.76. The van der Waals surface area contributed by atoms with Crippen molar-refractivity contribution in [1.82, 2.24) is 0 Å². The van der Waals surface area contributed by atoms with E-state index in [-0.39, 0.29) is 11.6 Å².